The van der Waals surface area contributed by atoms with Crippen LogP contribution in [-0.4, -0.2) is 125 Å². The van der Waals surface area contributed by atoms with Crippen molar-refractivity contribution in [3.63, 3.8) is 0 Å². The molecule has 0 aromatic heterocycles. The molecule has 1 rings (SSSR count). The van der Waals surface area contributed by atoms with Crippen LogP contribution in [0.25, 0.3) is 0 Å². The normalized spacial score (nSPS) is 12.6. The van der Waals surface area contributed by atoms with Gasteiger partial charge in [0.05, 0.1) is 32.2 Å². The number of carboxylic acids is 3. The molecule has 2 atom stereocenters. The number of nitrogens with two attached hydrogens (primary N) is 1. The summed E-state index contributed by atoms with van der Waals surface area (Å²) in [6.07, 6.45) is -0.180. The average Bonchev–Trinajstić information content (AvgIpc) is 2.97. The Morgan fingerprint density at radius 1 is 0.891 bits per heavy atom. The molecule has 1 aromatic rings. The highest BCUT2D eigenvalue weighted by Gasteiger charge is 2.25. The van der Waals surface area contributed by atoms with Crippen molar-refractivity contribution in [1.82, 2.24) is 20.4 Å². The van der Waals surface area contributed by atoms with Gasteiger partial charge in [-0.2, -0.15) is 0 Å². The third-order valence-corrected chi connectivity index (χ3v) is 6.59. The lowest BCUT2D eigenvalue weighted by Gasteiger charge is -2.24. The molecule has 0 heterocycles. The third kappa shape index (κ3) is 17.0. The van der Waals surface area contributed by atoms with Gasteiger partial charge >= 0.3 is 17.9 Å². The SMILES string of the molecule is [2H]C(=O)OCc1ccc(NC(=O)[C@H](CCCCNC(=O)CN(CCN(CC(=O)O)CC(=O)O)CC(=O)O)NC(=O)[C@@H](N)C(C)C)cc1. The number of anilines is 1. The maximum atomic E-state index is 13.1. The highest BCUT2D eigenvalue weighted by molar-refractivity contribution is 5.97. The largest absolute Gasteiger partial charge is 0.480 e. The molecule has 17 heteroatoms. The van der Waals surface area contributed by atoms with Gasteiger partial charge in [-0.05, 0) is 42.9 Å². The van der Waals surface area contributed by atoms with Gasteiger partial charge in [0.2, 0.25) is 17.7 Å². The van der Waals surface area contributed by atoms with Crippen molar-refractivity contribution >= 4 is 47.8 Å². The van der Waals surface area contributed by atoms with E-state index in [1.165, 1.54) is 4.90 Å². The molecule has 0 fully saturated rings. The number of carbonyl (C=O) groups excluding carboxylic acids is 4. The number of unbranched alkanes of at least 4 members (excludes halogenated alkanes) is 1. The summed E-state index contributed by atoms with van der Waals surface area (Å²) in [4.78, 5) is 84.6. The standard InChI is InChI=1S/C29H44N6O11/c1-19(2)27(30)29(45)33-22(28(44)32-21-8-6-20(7-9-21)17-46-18-36)5-3-4-10-31-23(37)13-34(14-24(38)39)11-12-35(15-25(40)41)16-26(42)43/h6-9,18-19,22,27H,3-5,10-17,30H2,1-2H3,(H,31,37)(H,32,44)(H,33,45)(H,38,39)(H,40,41)(H,42,43)/t22-,27-/m0/s1/i18D. The maximum absolute atomic E-state index is 13.1. The van der Waals surface area contributed by atoms with E-state index >= 15 is 0 Å². The van der Waals surface area contributed by atoms with E-state index in [-0.39, 0.29) is 45.1 Å². The van der Waals surface area contributed by atoms with E-state index in [0.29, 0.717) is 24.1 Å². The van der Waals surface area contributed by atoms with Crippen LogP contribution in [0.4, 0.5) is 5.69 Å². The number of nitrogens with zero attached hydrogens (tertiary/aromatic N) is 2. The molecule has 0 saturated carbocycles. The molecule has 0 unspecified atom stereocenters. The van der Waals surface area contributed by atoms with Crippen LogP contribution in [0, 0.1) is 5.92 Å². The van der Waals surface area contributed by atoms with Crippen LogP contribution < -0.4 is 21.7 Å². The van der Waals surface area contributed by atoms with Crippen molar-refractivity contribution in [1.29, 1.82) is 0 Å². The fourth-order valence-electron chi connectivity index (χ4n) is 4.11. The molecule has 0 aliphatic heterocycles. The maximum Gasteiger partial charge on any atom is 0.317 e. The molecular weight excluding hydrogens is 608 g/mol. The predicted molar refractivity (Wildman–Crippen MR) is 163 cm³/mol. The summed E-state index contributed by atoms with van der Waals surface area (Å²) in [5, 5.41) is 35.2. The minimum Gasteiger partial charge on any atom is -0.480 e. The Morgan fingerprint density at radius 3 is 1.93 bits per heavy atom. The quantitative estimate of drug-likeness (QED) is 0.0547. The zero-order chi connectivity index (χ0) is 35.5. The Bertz CT molecular complexity index is 1220. The summed E-state index contributed by atoms with van der Waals surface area (Å²) in [5.41, 5.74) is 6.96. The number of nitrogens with one attached hydrogen (secondary N) is 3. The Morgan fingerprint density at radius 2 is 1.43 bits per heavy atom. The minimum absolute atomic E-state index is 0.0728. The molecule has 0 aliphatic rings. The minimum atomic E-state index is -1.25. The van der Waals surface area contributed by atoms with Gasteiger partial charge in [0.25, 0.3) is 6.45 Å². The van der Waals surface area contributed by atoms with E-state index in [9.17, 15) is 38.7 Å². The van der Waals surface area contributed by atoms with Crippen LogP contribution in [-0.2, 0) is 44.9 Å². The van der Waals surface area contributed by atoms with Crippen molar-refractivity contribution in [2.24, 2.45) is 11.7 Å². The first kappa shape index (κ1) is 37.6. The number of amides is 3. The molecular formula is C29H44N6O11. The van der Waals surface area contributed by atoms with E-state index in [1.807, 2.05) is 0 Å². The van der Waals surface area contributed by atoms with Crippen LogP contribution in [0.1, 0.15) is 40.0 Å². The van der Waals surface area contributed by atoms with Gasteiger partial charge in [-0.3, -0.25) is 43.4 Å². The Labute approximate surface area is 267 Å². The Hall–Kier alpha value is -4.61. The van der Waals surface area contributed by atoms with Gasteiger partial charge in [0, 0.05) is 25.3 Å². The molecule has 8 N–H and O–H groups in total. The fourth-order valence-corrected chi connectivity index (χ4v) is 4.11. The van der Waals surface area contributed by atoms with Crippen molar-refractivity contribution in [3.05, 3.63) is 29.8 Å². The van der Waals surface area contributed by atoms with Gasteiger partial charge in [-0.15, -0.1) is 0 Å². The number of aliphatic carboxylic acids is 3. The number of hydrogen-bond acceptors (Lipinski definition) is 11. The monoisotopic (exact) mass is 653 g/mol. The van der Waals surface area contributed by atoms with E-state index in [4.69, 9.17) is 17.3 Å². The smallest absolute Gasteiger partial charge is 0.317 e. The third-order valence-electron chi connectivity index (χ3n) is 6.59. The second-order valence-electron chi connectivity index (χ2n) is 10.8. The zero-order valence-electron chi connectivity index (χ0n) is 26.9. The van der Waals surface area contributed by atoms with Crippen LogP contribution >= 0.6 is 0 Å². The summed E-state index contributed by atoms with van der Waals surface area (Å²) in [5.74, 6) is -5.44. The lowest BCUT2D eigenvalue weighted by Crippen LogP contribution is -2.51. The lowest BCUT2D eigenvalue weighted by molar-refractivity contribution is -0.143. The van der Waals surface area contributed by atoms with E-state index in [2.05, 4.69) is 20.7 Å². The summed E-state index contributed by atoms with van der Waals surface area (Å²) < 4.78 is 11.4. The molecule has 46 heavy (non-hydrogen) atoms. The molecule has 1 aromatic carbocycles. The van der Waals surface area contributed by atoms with Gasteiger partial charge in [0.1, 0.15) is 12.6 Å². The number of ether oxygens (including phenoxy) is 1. The fraction of sp³-hybridized carbons (Fsp3) is 0.552. The summed E-state index contributed by atoms with van der Waals surface area (Å²) in [6, 6.07) is 4.54. The Balaban J connectivity index is 2.72. The van der Waals surface area contributed by atoms with Crippen molar-refractivity contribution in [2.75, 3.05) is 51.1 Å². The highest BCUT2D eigenvalue weighted by Crippen LogP contribution is 2.12. The van der Waals surface area contributed by atoms with Gasteiger partial charge < -0.3 is 41.7 Å². The van der Waals surface area contributed by atoms with Gasteiger partial charge in [0.15, 0.2) is 1.37 Å². The number of hydrogen-bond donors (Lipinski definition) is 7. The first-order chi connectivity index (χ1) is 22.1. The number of benzene rings is 1. The number of rotatable bonds is 23. The van der Waals surface area contributed by atoms with Crippen molar-refractivity contribution in [3.8, 4) is 0 Å². The molecule has 0 saturated heterocycles. The first-order valence-corrected chi connectivity index (χ1v) is 14.5. The molecule has 0 spiro atoms. The van der Waals surface area contributed by atoms with Gasteiger partial charge in [-0.25, -0.2) is 0 Å². The molecule has 0 aliphatic carbocycles. The second-order valence-corrected chi connectivity index (χ2v) is 10.8. The summed E-state index contributed by atoms with van der Waals surface area (Å²) in [6.45, 7) is 1.42. The molecule has 256 valence electrons. The molecule has 17 nitrogen and oxygen atoms in total. The van der Waals surface area contributed by atoms with Crippen LogP contribution in [0.15, 0.2) is 24.3 Å². The van der Waals surface area contributed by atoms with E-state index in [1.54, 1.807) is 38.1 Å². The van der Waals surface area contributed by atoms with Crippen molar-refractivity contribution < 1.29 is 55.0 Å². The van der Waals surface area contributed by atoms with Gasteiger partial charge in [-0.1, -0.05) is 26.0 Å². The number of carboxylic acid groups (broad SMARTS) is 3. The van der Waals surface area contributed by atoms with E-state index in [0.717, 1.165) is 4.90 Å². The number of carbonyl (C=O) groups is 7. The van der Waals surface area contributed by atoms with Crippen LogP contribution in [0.2, 0.25) is 0 Å². The highest BCUT2D eigenvalue weighted by atomic mass is 16.5. The Kier molecular flexibility index (Phi) is 17.3. The van der Waals surface area contributed by atoms with E-state index < -0.39 is 73.8 Å². The first-order valence-electron chi connectivity index (χ1n) is 15.0. The summed E-state index contributed by atoms with van der Waals surface area (Å²) >= 11 is 0. The second kappa shape index (κ2) is 21.2. The molecule has 3 amide bonds. The topological polar surface area (TPSA) is 258 Å². The predicted octanol–water partition coefficient (Wildman–Crippen LogP) is -1.09. The van der Waals surface area contributed by atoms with Crippen LogP contribution in [0.3, 0.4) is 0 Å². The van der Waals surface area contributed by atoms with Crippen LogP contribution in [0.5, 0.6) is 0 Å². The molecule has 0 bridgehead atoms. The van der Waals surface area contributed by atoms with Crippen molar-refractivity contribution in [2.45, 2.75) is 51.8 Å². The average molecular weight is 654 g/mol. The zero-order valence-corrected chi connectivity index (χ0v) is 25.9. The summed E-state index contributed by atoms with van der Waals surface area (Å²) in [7, 11) is 0. The lowest BCUT2D eigenvalue weighted by atomic mass is 10.0. The molecule has 0 radical (unpaired) electrons.